The molecule has 86 valence electrons. The molecule has 1 aliphatic rings. The van der Waals surface area contributed by atoms with Crippen molar-refractivity contribution in [2.24, 2.45) is 5.41 Å². The topological polar surface area (TPSA) is 37.4 Å². The van der Waals surface area contributed by atoms with Gasteiger partial charge in [0.25, 0.3) is 0 Å². The fourth-order valence-corrected chi connectivity index (χ4v) is 2.03. The molecule has 1 fully saturated rings. The Hall–Kier alpha value is -0.860. The maximum absolute atomic E-state index is 12.1. The van der Waals surface area contributed by atoms with E-state index in [0.717, 1.165) is 25.8 Å². The molecule has 0 bridgehead atoms. The minimum absolute atomic E-state index is 0.0994. The lowest BCUT2D eigenvalue weighted by molar-refractivity contribution is -0.147. The zero-order valence-corrected chi connectivity index (χ0v) is 10.2. The van der Waals surface area contributed by atoms with E-state index in [1.54, 1.807) is 11.8 Å². The number of rotatable bonds is 1. The largest absolute Gasteiger partial charge is 0.332 e. The first-order valence-electron chi connectivity index (χ1n) is 5.65. The van der Waals surface area contributed by atoms with E-state index >= 15 is 0 Å². The monoisotopic (exact) mass is 211 g/mol. The van der Waals surface area contributed by atoms with Crippen LogP contribution in [0.5, 0.6) is 0 Å². The molecule has 0 aromatic carbocycles. The molecule has 0 saturated carbocycles. The van der Waals surface area contributed by atoms with Crippen molar-refractivity contribution in [2.45, 2.75) is 53.0 Å². The molecule has 15 heavy (non-hydrogen) atoms. The van der Waals surface area contributed by atoms with Crippen LogP contribution in [-0.2, 0) is 9.59 Å². The molecule has 3 nitrogen and oxygen atoms in total. The molecule has 0 radical (unpaired) electrons. The van der Waals surface area contributed by atoms with E-state index in [2.05, 4.69) is 0 Å². The number of carbonyl (C=O) groups is 2. The molecule has 1 amide bonds. The maximum Gasteiger partial charge on any atom is 0.228 e. The van der Waals surface area contributed by atoms with Crippen LogP contribution < -0.4 is 0 Å². The van der Waals surface area contributed by atoms with E-state index in [1.807, 2.05) is 20.8 Å². The first-order valence-corrected chi connectivity index (χ1v) is 5.65. The number of carbonyl (C=O) groups excluding carboxylic acids is 2. The van der Waals surface area contributed by atoms with Crippen LogP contribution in [0.3, 0.4) is 0 Å². The predicted molar refractivity (Wildman–Crippen MR) is 59.5 cm³/mol. The third kappa shape index (κ3) is 2.80. The molecule has 3 heteroatoms. The molecule has 1 atom stereocenters. The summed E-state index contributed by atoms with van der Waals surface area (Å²) in [5.74, 6) is 0.217. The van der Waals surface area contributed by atoms with Gasteiger partial charge in [0, 0.05) is 12.0 Å². The fraction of sp³-hybridized carbons (Fsp3) is 0.833. The third-order valence-corrected chi connectivity index (χ3v) is 2.87. The molecular weight excluding hydrogens is 190 g/mol. The van der Waals surface area contributed by atoms with E-state index < -0.39 is 0 Å². The minimum atomic E-state index is -0.384. The minimum Gasteiger partial charge on any atom is -0.332 e. The van der Waals surface area contributed by atoms with Crippen molar-refractivity contribution in [1.29, 1.82) is 0 Å². The van der Waals surface area contributed by atoms with E-state index in [4.69, 9.17) is 0 Å². The first-order chi connectivity index (χ1) is 6.84. The van der Waals surface area contributed by atoms with Gasteiger partial charge in [-0.2, -0.15) is 0 Å². The highest BCUT2D eigenvalue weighted by atomic mass is 16.2. The van der Waals surface area contributed by atoms with Crippen LogP contribution in [0.1, 0.15) is 47.0 Å². The smallest absolute Gasteiger partial charge is 0.228 e. The van der Waals surface area contributed by atoms with Crippen LogP contribution in [-0.4, -0.2) is 29.2 Å². The van der Waals surface area contributed by atoms with Crippen LogP contribution in [0.25, 0.3) is 0 Å². The highest BCUT2D eigenvalue weighted by Gasteiger charge is 2.35. The summed E-state index contributed by atoms with van der Waals surface area (Å²) in [6.07, 6.45) is 2.90. The number of Topliss-reactive ketones (excluding diaryl/α,β-unsaturated/α-hetero) is 1. The second-order valence-electron chi connectivity index (χ2n) is 5.37. The molecule has 1 unspecified atom stereocenters. The number of hydrogen-bond acceptors (Lipinski definition) is 2. The van der Waals surface area contributed by atoms with Gasteiger partial charge in [-0.1, -0.05) is 20.8 Å². The van der Waals surface area contributed by atoms with Gasteiger partial charge in [0.15, 0.2) is 5.78 Å². The standard InChI is InChI=1S/C12H21NO2/c1-9(14)10-7-5-6-8-13(10)11(15)12(2,3)4/h10H,5-8H2,1-4H3. The summed E-state index contributed by atoms with van der Waals surface area (Å²) in [4.78, 5) is 25.3. The van der Waals surface area contributed by atoms with Crippen LogP contribution in [0.4, 0.5) is 0 Å². The molecule has 1 aliphatic heterocycles. The number of piperidine rings is 1. The number of nitrogens with zero attached hydrogens (tertiary/aromatic N) is 1. The lowest BCUT2D eigenvalue weighted by atomic mass is 9.90. The zero-order chi connectivity index (χ0) is 11.6. The zero-order valence-electron chi connectivity index (χ0n) is 10.2. The highest BCUT2D eigenvalue weighted by molar-refractivity contribution is 5.89. The van der Waals surface area contributed by atoms with Gasteiger partial charge in [0.1, 0.15) is 0 Å². The lowest BCUT2D eigenvalue weighted by Gasteiger charge is -2.38. The maximum atomic E-state index is 12.1. The van der Waals surface area contributed by atoms with Crippen molar-refractivity contribution in [1.82, 2.24) is 4.90 Å². The number of ketones is 1. The van der Waals surface area contributed by atoms with E-state index in [1.165, 1.54) is 0 Å². The normalized spacial score (nSPS) is 22.7. The van der Waals surface area contributed by atoms with E-state index in [9.17, 15) is 9.59 Å². The van der Waals surface area contributed by atoms with Crippen molar-refractivity contribution < 1.29 is 9.59 Å². The average Bonchev–Trinajstić information content (AvgIpc) is 2.15. The SMILES string of the molecule is CC(=O)C1CCCCN1C(=O)C(C)(C)C. The van der Waals surface area contributed by atoms with Gasteiger partial charge in [-0.3, -0.25) is 9.59 Å². The van der Waals surface area contributed by atoms with Gasteiger partial charge in [0.05, 0.1) is 6.04 Å². The first kappa shape index (κ1) is 12.2. The number of likely N-dealkylation sites (tertiary alicyclic amines) is 1. The van der Waals surface area contributed by atoms with Crippen molar-refractivity contribution >= 4 is 11.7 Å². The van der Waals surface area contributed by atoms with Crippen molar-refractivity contribution in [3.05, 3.63) is 0 Å². The quantitative estimate of drug-likeness (QED) is 0.665. The Morgan fingerprint density at radius 1 is 1.20 bits per heavy atom. The Morgan fingerprint density at radius 3 is 2.27 bits per heavy atom. The predicted octanol–water partition coefficient (Wildman–Crippen LogP) is 2.00. The molecule has 1 saturated heterocycles. The summed E-state index contributed by atoms with van der Waals surface area (Å²) in [6.45, 7) is 8.03. The molecule has 1 heterocycles. The molecular formula is C12H21NO2. The summed E-state index contributed by atoms with van der Waals surface area (Å²) in [5, 5.41) is 0. The van der Waals surface area contributed by atoms with Crippen LogP contribution in [0, 0.1) is 5.41 Å². The summed E-state index contributed by atoms with van der Waals surface area (Å²) < 4.78 is 0. The van der Waals surface area contributed by atoms with Crippen LogP contribution >= 0.6 is 0 Å². The third-order valence-electron chi connectivity index (χ3n) is 2.87. The molecule has 0 N–H and O–H groups in total. The Labute approximate surface area is 91.8 Å². The molecule has 1 rings (SSSR count). The molecule has 0 aromatic rings. The second kappa shape index (κ2) is 4.33. The van der Waals surface area contributed by atoms with Gasteiger partial charge in [-0.25, -0.2) is 0 Å². The van der Waals surface area contributed by atoms with Gasteiger partial charge >= 0.3 is 0 Å². The van der Waals surface area contributed by atoms with Gasteiger partial charge < -0.3 is 4.90 Å². The van der Waals surface area contributed by atoms with Crippen molar-refractivity contribution in [3.8, 4) is 0 Å². The highest BCUT2D eigenvalue weighted by Crippen LogP contribution is 2.25. The van der Waals surface area contributed by atoms with Gasteiger partial charge in [-0.05, 0) is 26.2 Å². The Bertz CT molecular complexity index is 265. The molecule has 0 aliphatic carbocycles. The Kier molecular flexibility index (Phi) is 3.53. The van der Waals surface area contributed by atoms with Crippen LogP contribution in [0.15, 0.2) is 0 Å². The van der Waals surface area contributed by atoms with E-state index in [0.29, 0.717) is 0 Å². The Morgan fingerprint density at radius 2 is 1.80 bits per heavy atom. The van der Waals surface area contributed by atoms with Gasteiger partial charge in [-0.15, -0.1) is 0 Å². The van der Waals surface area contributed by atoms with Crippen molar-refractivity contribution in [3.63, 3.8) is 0 Å². The van der Waals surface area contributed by atoms with Crippen LogP contribution in [0.2, 0.25) is 0 Å². The van der Waals surface area contributed by atoms with E-state index in [-0.39, 0.29) is 23.1 Å². The van der Waals surface area contributed by atoms with Gasteiger partial charge in [0.2, 0.25) is 5.91 Å². The summed E-state index contributed by atoms with van der Waals surface area (Å²) in [6, 6.07) is -0.175. The summed E-state index contributed by atoms with van der Waals surface area (Å²) in [5.41, 5.74) is -0.384. The molecule has 0 aromatic heterocycles. The Balaban J connectivity index is 2.81. The molecule has 0 spiro atoms. The second-order valence-corrected chi connectivity index (χ2v) is 5.37. The van der Waals surface area contributed by atoms with Crippen molar-refractivity contribution in [2.75, 3.05) is 6.54 Å². The number of amides is 1. The fourth-order valence-electron chi connectivity index (χ4n) is 2.03. The number of hydrogen-bond donors (Lipinski definition) is 0. The summed E-state index contributed by atoms with van der Waals surface area (Å²) in [7, 11) is 0. The summed E-state index contributed by atoms with van der Waals surface area (Å²) >= 11 is 0. The lowest BCUT2D eigenvalue weighted by Crippen LogP contribution is -2.51. The average molecular weight is 211 g/mol.